The molecule has 142 valence electrons. The summed E-state index contributed by atoms with van der Waals surface area (Å²) in [7, 11) is 0. The molecule has 4 fully saturated rings. The van der Waals surface area contributed by atoms with Gasteiger partial charge in [-0.25, -0.2) is 4.98 Å². The van der Waals surface area contributed by atoms with Gasteiger partial charge >= 0.3 is 0 Å². The van der Waals surface area contributed by atoms with Gasteiger partial charge in [-0.1, -0.05) is 17.7 Å². The van der Waals surface area contributed by atoms with E-state index in [1.807, 2.05) is 31.2 Å². The molecule has 0 aliphatic heterocycles. The first-order valence-electron chi connectivity index (χ1n) is 10.0. The van der Waals surface area contributed by atoms with E-state index in [1.54, 1.807) is 11.3 Å². The van der Waals surface area contributed by atoms with E-state index in [1.165, 1.54) is 49.8 Å². The second kappa shape index (κ2) is 6.62. The molecule has 4 aliphatic carbocycles. The molecule has 0 saturated heterocycles. The summed E-state index contributed by atoms with van der Waals surface area (Å²) in [5.74, 6) is 3.27. The number of benzene rings is 1. The molecule has 5 heteroatoms. The molecule has 1 aromatic carbocycles. The van der Waals surface area contributed by atoms with Gasteiger partial charge in [0.25, 0.3) is 5.91 Å². The molecule has 4 aliphatic rings. The highest BCUT2D eigenvalue weighted by atomic mass is 32.1. The highest BCUT2D eigenvalue weighted by Crippen LogP contribution is 2.60. The van der Waals surface area contributed by atoms with Gasteiger partial charge in [0.05, 0.1) is 5.69 Å². The van der Waals surface area contributed by atoms with Crippen LogP contribution in [0.25, 0.3) is 0 Å². The van der Waals surface area contributed by atoms with E-state index in [4.69, 9.17) is 9.72 Å². The number of carbonyl (C=O) groups excluding carboxylic acids is 1. The zero-order chi connectivity index (χ0) is 18.4. The smallest absolute Gasteiger partial charge is 0.264 e. The fourth-order valence-corrected chi connectivity index (χ4v) is 6.79. The molecule has 0 unspecified atom stereocenters. The van der Waals surface area contributed by atoms with E-state index in [9.17, 15) is 4.79 Å². The fraction of sp³-hybridized carbons (Fsp3) is 0.545. The zero-order valence-electron chi connectivity index (χ0n) is 15.7. The van der Waals surface area contributed by atoms with Crippen molar-refractivity contribution in [3.8, 4) is 5.75 Å². The number of nitrogens with one attached hydrogen (secondary N) is 1. The molecule has 4 bridgehead atoms. The van der Waals surface area contributed by atoms with Gasteiger partial charge in [0, 0.05) is 10.8 Å². The normalized spacial score (nSPS) is 31.1. The molecule has 2 aromatic rings. The molecule has 1 heterocycles. The first kappa shape index (κ1) is 17.2. The van der Waals surface area contributed by atoms with Crippen LogP contribution in [0.2, 0.25) is 0 Å². The average Bonchev–Trinajstić information content (AvgIpc) is 3.09. The van der Waals surface area contributed by atoms with Crippen LogP contribution in [0, 0.1) is 24.7 Å². The SMILES string of the molecule is Cc1ccc(OCC(=O)Nc2nc(C34CC5CC(CC(C5)C3)C4)cs2)cc1. The Morgan fingerprint density at radius 3 is 2.41 bits per heavy atom. The summed E-state index contributed by atoms with van der Waals surface area (Å²) in [6.45, 7) is 2.04. The number of carbonyl (C=O) groups is 1. The highest BCUT2D eigenvalue weighted by Gasteiger charge is 2.52. The van der Waals surface area contributed by atoms with Crippen LogP contribution in [0.5, 0.6) is 5.75 Å². The van der Waals surface area contributed by atoms with E-state index in [0.717, 1.165) is 17.8 Å². The second-order valence-electron chi connectivity index (χ2n) is 8.89. The van der Waals surface area contributed by atoms with Crippen LogP contribution in [0.4, 0.5) is 5.13 Å². The molecular formula is C22H26N2O2S. The Hall–Kier alpha value is -1.88. The Labute approximate surface area is 164 Å². The van der Waals surface area contributed by atoms with Gasteiger partial charge in [-0.15, -0.1) is 11.3 Å². The molecule has 6 rings (SSSR count). The molecule has 0 spiro atoms. The highest BCUT2D eigenvalue weighted by molar-refractivity contribution is 7.13. The minimum Gasteiger partial charge on any atom is -0.484 e. The van der Waals surface area contributed by atoms with Gasteiger partial charge in [0.2, 0.25) is 0 Å². The van der Waals surface area contributed by atoms with Gasteiger partial charge in [-0.3, -0.25) is 10.1 Å². The quantitative estimate of drug-likeness (QED) is 0.797. The molecule has 0 atom stereocenters. The molecule has 1 aromatic heterocycles. The van der Waals surface area contributed by atoms with E-state index < -0.39 is 0 Å². The van der Waals surface area contributed by atoms with Crippen molar-refractivity contribution >= 4 is 22.4 Å². The lowest BCUT2D eigenvalue weighted by Gasteiger charge is -2.56. The maximum atomic E-state index is 12.2. The summed E-state index contributed by atoms with van der Waals surface area (Å²) < 4.78 is 5.57. The number of aromatic nitrogens is 1. The van der Waals surface area contributed by atoms with Gasteiger partial charge < -0.3 is 4.74 Å². The topological polar surface area (TPSA) is 51.2 Å². The first-order chi connectivity index (χ1) is 13.1. The van der Waals surface area contributed by atoms with Crippen molar-refractivity contribution in [3.63, 3.8) is 0 Å². The van der Waals surface area contributed by atoms with Gasteiger partial charge in [0.15, 0.2) is 11.7 Å². The predicted molar refractivity (Wildman–Crippen MR) is 107 cm³/mol. The standard InChI is InChI=1S/C22H26N2O2S/c1-14-2-4-18(5-3-14)26-12-20(25)24-21-23-19(13-27-21)22-9-15-6-16(10-22)8-17(7-15)11-22/h2-5,13,15-17H,6-12H2,1H3,(H,23,24,25). The third kappa shape index (κ3) is 3.38. The third-order valence-corrected chi connectivity index (χ3v) is 7.48. The van der Waals surface area contributed by atoms with Crippen molar-refractivity contribution in [1.29, 1.82) is 0 Å². The predicted octanol–water partition coefficient (Wildman–Crippen LogP) is 4.94. The number of ether oxygens (including phenoxy) is 1. The third-order valence-electron chi connectivity index (χ3n) is 6.72. The van der Waals surface area contributed by atoms with Crippen molar-refractivity contribution in [2.45, 2.75) is 50.9 Å². The van der Waals surface area contributed by atoms with Gasteiger partial charge in [0.1, 0.15) is 5.75 Å². The van der Waals surface area contributed by atoms with E-state index in [0.29, 0.717) is 10.9 Å². The molecule has 27 heavy (non-hydrogen) atoms. The summed E-state index contributed by atoms with van der Waals surface area (Å²) in [5.41, 5.74) is 2.68. The number of hydrogen-bond acceptors (Lipinski definition) is 4. The Morgan fingerprint density at radius 1 is 1.15 bits per heavy atom. The van der Waals surface area contributed by atoms with Crippen LogP contribution < -0.4 is 10.1 Å². The number of hydrogen-bond donors (Lipinski definition) is 1. The van der Waals surface area contributed by atoms with Crippen molar-refractivity contribution in [2.24, 2.45) is 17.8 Å². The van der Waals surface area contributed by atoms with Crippen LogP contribution in [-0.4, -0.2) is 17.5 Å². The van der Waals surface area contributed by atoms with Crippen LogP contribution in [0.3, 0.4) is 0 Å². The number of thiazole rings is 1. The molecule has 1 amide bonds. The van der Waals surface area contributed by atoms with Crippen molar-refractivity contribution < 1.29 is 9.53 Å². The molecule has 4 saturated carbocycles. The minimum atomic E-state index is -0.151. The number of nitrogens with zero attached hydrogens (tertiary/aromatic N) is 1. The van der Waals surface area contributed by atoms with Crippen LogP contribution >= 0.6 is 11.3 Å². The van der Waals surface area contributed by atoms with Crippen LogP contribution in [0.15, 0.2) is 29.6 Å². The Balaban J connectivity index is 1.22. The van der Waals surface area contributed by atoms with Crippen LogP contribution in [-0.2, 0) is 10.2 Å². The van der Waals surface area contributed by atoms with Crippen LogP contribution in [0.1, 0.15) is 49.8 Å². The van der Waals surface area contributed by atoms with Crippen molar-refractivity contribution in [2.75, 3.05) is 11.9 Å². The number of aryl methyl sites for hydroxylation is 1. The van der Waals surface area contributed by atoms with E-state index in [2.05, 4.69) is 10.7 Å². The number of rotatable bonds is 5. The lowest BCUT2D eigenvalue weighted by atomic mass is 9.49. The second-order valence-corrected chi connectivity index (χ2v) is 9.74. The summed E-state index contributed by atoms with van der Waals surface area (Å²) in [6.07, 6.45) is 8.20. The molecule has 4 nitrogen and oxygen atoms in total. The van der Waals surface area contributed by atoms with Crippen molar-refractivity contribution in [3.05, 3.63) is 40.9 Å². The van der Waals surface area contributed by atoms with E-state index in [-0.39, 0.29) is 17.9 Å². The largest absolute Gasteiger partial charge is 0.484 e. The minimum absolute atomic E-state index is 0.00927. The molecule has 0 radical (unpaired) electrons. The maximum absolute atomic E-state index is 12.2. The number of amides is 1. The number of anilines is 1. The average molecular weight is 383 g/mol. The summed E-state index contributed by atoms with van der Waals surface area (Å²) in [4.78, 5) is 17.1. The Morgan fingerprint density at radius 2 is 1.78 bits per heavy atom. The van der Waals surface area contributed by atoms with Crippen molar-refractivity contribution in [1.82, 2.24) is 4.98 Å². The monoisotopic (exact) mass is 382 g/mol. The summed E-state index contributed by atoms with van der Waals surface area (Å²) in [6, 6.07) is 7.73. The molecular weight excluding hydrogens is 356 g/mol. The van der Waals surface area contributed by atoms with Gasteiger partial charge in [-0.2, -0.15) is 0 Å². The maximum Gasteiger partial charge on any atom is 0.264 e. The van der Waals surface area contributed by atoms with Gasteiger partial charge in [-0.05, 0) is 75.3 Å². The zero-order valence-corrected chi connectivity index (χ0v) is 16.6. The lowest BCUT2D eigenvalue weighted by molar-refractivity contribution is -0.118. The van der Waals surface area contributed by atoms with E-state index >= 15 is 0 Å². The molecule has 1 N–H and O–H groups in total. The Kier molecular flexibility index (Phi) is 4.23. The summed E-state index contributed by atoms with van der Waals surface area (Å²) >= 11 is 1.55. The lowest BCUT2D eigenvalue weighted by Crippen LogP contribution is -2.48. The first-order valence-corrected chi connectivity index (χ1v) is 10.9. The summed E-state index contributed by atoms with van der Waals surface area (Å²) in [5, 5.41) is 5.81. The fourth-order valence-electron chi connectivity index (χ4n) is 5.94. The Bertz CT molecular complexity index is 807.